The van der Waals surface area contributed by atoms with Crippen LogP contribution in [0.1, 0.15) is 103 Å². The molecule has 3 saturated carbocycles. The van der Waals surface area contributed by atoms with Crippen LogP contribution >= 0.6 is 0 Å². The summed E-state index contributed by atoms with van der Waals surface area (Å²) >= 11 is 0. The van der Waals surface area contributed by atoms with Crippen LogP contribution in [0.2, 0.25) is 0 Å². The lowest BCUT2D eigenvalue weighted by Gasteiger charge is -2.49. The maximum Gasteiger partial charge on any atom is -0.0241 e. The molecule has 0 aromatic heterocycles. The molecule has 0 aromatic carbocycles. The Morgan fingerprint density at radius 1 is 0.421 bits per heavy atom. The molecule has 0 aliphatic heterocycles. The van der Waals surface area contributed by atoms with Gasteiger partial charge in [-0.25, -0.2) is 0 Å². The first-order valence-electron chi connectivity index (χ1n) is 9.42. The van der Waals surface area contributed by atoms with Crippen molar-refractivity contribution in [1.82, 2.24) is 0 Å². The SMILES string of the molecule is C1CCC(C2(C3CCCCC3)CCCCCC2)CC1. The van der Waals surface area contributed by atoms with Gasteiger partial charge in [-0.1, -0.05) is 64.2 Å². The molecule has 3 aliphatic carbocycles. The minimum absolute atomic E-state index is 0.803. The van der Waals surface area contributed by atoms with Crippen LogP contribution in [0.15, 0.2) is 0 Å². The number of hydrogen-bond donors (Lipinski definition) is 0. The second-order valence-corrected chi connectivity index (χ2v) is 7.82. The smallest absolute Gasteiger partial charge is 0.0241 e. The molecule has 0 radical (unpaired) electrons. The summed E-state index contributed by atoms with van der Waals surface area (Å²) in [6.45, 7) is 0. The minimum Gasteiger partial charge on any atom is -0.0533 e. The van der Waals surface area contributed by atoms with Crippen molar-refractivity contribution in [2.45, 2.75) is 103 Å². The zero-order valence-electron chi connectivity index (χ0n) is 13.0. The fourth-order valence-corrected chi connectivity index (χ4v) is 5.89. The molecule has 19 heavy (non-hydrogen) atoms. The van der Waals surface area contributed by atoms with Gasteiger partial charge in [0.1, 0.15) is 0 Å². The fraction of sp³-hybridized carbons (Fsp3) is 1.00. The molecule has 0 nitrogen and oxygen atoms in total. The lowest BCUT2D eigenvalue weighted by molar-refractivity contribution is 0.00688. The van der Waals surface area contributed by atoms with Crippen molar-refractivity contribution in [2.24, 2.45) is 17.3 Å². The average Bonchev–Trinajstić information content (AvgIpc) is 2.76. The van der Waals surface area contributed by atoms with Crippen LogP contribution in [0.3, 0.4) is 0 Å². The summed E-state index contributed by atoms with van der Waals surface area (Å²) in [6, 6.07) is 0. The highest BCUT2D eigenvalue weighted by Gasteiger charge is 2.44. The van der Waals surface area contributed by atoms with E-state index in [4.69, 9.17) is 0 Å². The van der Waals surface area contributed by atoms with Gasteiger partial charge in [0, 0.05) is 0 Å². The van der Waals surface area contributed by atoms with E-state index in [0.717, 1.165) is 17.3 Å². The van der Waals surface area contributed by atoms with E-state index >= 15 is 0 Å². The molecular formula is C19H34. The average molecular weight is 262 g/mol. The third-order valence-electron chi connectivity index (χ3n) is 6.87. The molecule has 0 bridgehead atoms. The Labute approximate surface area is 120 Å². The summed E-state index contributed by atoms with van der Waals surface area (Å²) in [6.07, 6.45) is 24.9. The molecule has 110 valence electrons. The second kappa shape index (κ2) is 6.64. The van der Waals surface area contributed by atoms with E-state index in [9.17, 15) is 0 Å². The lowest BCUT2D eigenvalue weighted by Crippen LogP contribution is -2.40. The molecule has 3 rings (SSSR count). The van der Waals surface area contributed by atoms with Crippen LogP contribution in [0.25, 0.3) is 0 Å². The van der Waals surface area contributed by atoms with Crippen LogP contribution in [0.5, 0.6) is 0 Å². The van der Waals surface area contributed by atoms with Gasteiger partial charge in [0.05, 0.1) is 0 Å². The van der Waals surface area contributed by atoms with E-state index in [1.54, 1.807) is 77.0 Å². The summed E-state index contributed by atoms with van der Waals surface area (Å²) in [5.41, 5.74) is 0.803. The van der Waals surface area contributed by atoms with E-state index in [-0.39, 0.29) is 0 Å². The van der Waals surface area contributed by atoms with Gasteiger partial charge in [-0.15, -0.1) is 0 Å². The molecule has 0 amide bonds. The Balaban J connectivity index is 1.79. The Kier molecular flexibility index (Phi) is 4.87. The normalized spacial score (nSPS) is 30.9. The molecule has 3 fully saturated rings. The second-order valence-electron chi connectivity index (χ2n) is 7.82. The third-order valence-corrected chi connectivity index (χ3v) is 6.87. The van der Waals surface area contributed by atoms with E-state index in [2.05, 4.69) is 0 Å². The zero-order chi connectivity index (χ0) is 13.0. The summed E-state index contributed by atoms with van der Waals surface area (Å²) < 4.78 is 0. The van der Waals surface area contributed by atoms with Crippen LogP contribution in [-0.2, 0) is 0 Å². The van der Waals surface area contributed by atoms with E-state index < -0.39 is 0 Å². The maximum atomic E-state index is 1.60. The van der Waals surface area contributed by atoms with Gasteiger partial charge >= 0.3 is 0 Å². The van der Waals surface area contributed by atoms with Crippen LogP contribution in [0.4, 0.5) is 0 Å². The predicted molar refractivity (Wildman–Crippen MR) is 83.3 cm³/mol. The third kappa shape index (κ3) is 3.03. The van der Waals surface area contributed by atoms with E-state index in [0.29, 0.717) is 0 Å². The molecule has 0 unspecified atom stereocenters. The number of rotatable bonds is 2. The van der Waals surface area contributed by atoms with Crippen LogP contribution in [-0.4, -0.2) is 0 Å². The highest BCUT2D eigenvalue weighted by Crippen LogP contribution is 2.55. The highest BCUT2D eigenvalue weighted by atomic mass is 14.5. The Hall–Kier alpha value is 0. The van der Waals surface area contributed by atoms with Crippen molar-refractivity contribution >= 4 is 0 Å². The maximum absolute atomic E-state index is 1.60. The molecule has 0 atom stereocenters. The van der Waals surface area contributed by atoms with Crippen molar-refractivity contribution in [2.75, 3.05) is 0 Å². The van der Waals surface area contributed by atoms with E-state index in [1.165, 1.54) is 25.7 Å². The van der Waals surface area contributed by atoms with Crippen molar-refractivity contribution in [3.8, 4) is 0 Å². The number of hydrogen-bond acceptors (Lipinski definition) is 0. The van der Waals surface area contributed by atoms with Crippen LogP contribution < -0.4 is 0 Å². The molecular weight excluding hydrogens is 228 g/mol. The summed E-state index contributed by atoms with van der Waals surface area (Å²) in [5, 5.41) is 0. The summed E-state index contributed by atoms with van der Waals surface area (Å²) in [5.74, 6) is 2.23. The fourth-order valence-electron chi connectivity index (χ4n) is 5.89. The molecule has 0 aromatic rings. The molecule has 0 N–H and O–H groups in total. The topological polar surface area (TPSA) is 0 Å². The van der Waals surface area contributed by atoms with Crippen molar-refractivity contribution in [3.05, 3.63) is 0 Å². The van der Waals surface area contributed by atoms with Gasteiger partial charge in [0.15, 0.2) is 0 Å². The van der Waals surface area contributed by atoms with Gasteiger partial charge in [0.25, 0.3) is 0 Å². The van der Waals surface area contributed by atoms with Gasteiger partial charge in [-0.05, 0) is 55.8 Å². The van der Waals surface area contributed by atoms with Gasteiger partial charge < -0.3 is 0 Å². The van der Waals surface area contributed by atoms with Gasteiger partial charge in [-0.3, -0.25) is 0 Å². The first-order chi connectivity index (χ1) is 9.42. The predicted octanol–water partition coefficient (Wildman–Crippen LogP) is 6.49. The summed E-state index contributed by atoms with van der Waals surface area (Å²) in [7, 11) is 0. The summed E-state index contributed by atoms with van der Waals surface area (Å²) in [4.78, 5) is 0. The lowest BCUT2D eigenvalue weighted by atomic mass is 9.56. The van der Waals surface area contributed by atoms with Gasteiger partial charge in [0.2, 0.25) is 0 Å². The van der Waals surface area contributed by atoms with Gasteiger partial charge in [-0.2, -0.15) is 0 Å². The molecule has 0 heterocycles. The largest absolute Gasteiger partial charge is 0.0533 e. The monoisotopic (exact) mass is 262 g/mol. The molecule has 0 saturated heterocycles. The minimum atomic E-state index is 0.803. The quantitative estimate of drug-likeness (QED) is 0.499. The van der Waals surface area contributed by atoms with E-state index in [1.807, 2.05) is 0 Å². The Morgan fingerprint density at radius 2 is 0.789 bits per heavy atom. The highest BCUT2D eigenvalue weighted by molar-refractivity contribution is 4.95. The molecule has 0 spiro atoms. The van der Waals surface area contributed by atoms with Crippen LogP contribution in [0, 0.1) is 17.3 Å². The Morgan fingerprint density at radius 3 is 1.21 bits per heavy atom. The Bertz CT molecular complexity index is 227. The van der Waals surface area contributed by atoms with Crippen molar-refractivity contribution < 1.29 is 0 Å². The zero-order valence-corrected chi connectivity index (χ0v) is 13.0. The first-order valence-corrected chi connectivity index (χ1v) is 9.42. The standard InChI is InChI=1S/C19H34/c1-2-10-16-19(15-9-1,17-11-5-3-6-12-17)18-13-7-4-8-14-18/h17-18H,1-16H2. The van der Waals surface area contributed by atoms with Crippen molar-refractivity contribution in [1.29, 1.82) is 0 Å². The first kappa shape index (κ1) is 14.0. The molecule has 3 aliphatic rings. The van der Waals surface area contributed by atoms with Crippen molar-refractivity contribution in [3.63, 3.8) is 0 Å². The molecule has 0 heteroatoms.